The number of aromatic nitrogens is 2. The van der Waals surface area contributed by atoms with E-state index in [0.29, 0.717) is 17.8 Å². The van der Waals surface area contributed by atoms with Crippen LogP contribution in [0.25, 0.3) is 0 Å². The van der Waals surface area contributed by atoms with Gasteiger partial charge in [0, 0.05) is 17.8 Å². The lowest BCUT2D eigenvalue weighted by Crippen LogP contribution is -2.16. The zero-order valence-electron chi connectivity index (χ0n) is 12.6. The maximum absolute atomic E-state index is 12.2. The van der Waals surface area contributed by atoms with E-state index < -0.39 is 6.61 Å². The second-order valence-electron chi connectivity index (χ2n) is 4.95. The molecule has 0 atom stereocenters. The molecule has 0 unspecified atom stereocenters. The van der Waals surface area contributed by atoms with Crippen LogP contribution >= 0.6 is 22.6 Å². The molecule has 2 rings (SSSR count). The van der Waals surface area contributed by atoms with Crippen molar-refractivity contribution in [2.45, 2.75) is 33.4 Å². The van der Waals surface area contributed by atoms with Crippen LogP contribution in [0.2, 0.25) is 0 Å². The summed E-state index contributed by atoms with van der Waals surface area (Å²) in [4.78, 5) is 12.0. The van der Waals surface area contributed by atoms with Crippen molar-refractivity contribution in [1.82, 2.24) is 9.78 Å². The van der Waals surface area contributed by atoms with E-state index in [1.54, 1.807) is 23.9 Å². The third-order valence-electron chi connectivity index (χ3n) is 3.29. The molecule has 0 fully saturated rings. The average Bonchev–Trinajstić information content (AvgIpc) is 2.79. The third kappa shape index (κ3) is 4.88. The Kier molecular flexibility index (Phi) is 5.91. The van der Waals surface area contributed by atoms with Gasteiger partial charge in [0.1, 0.15) is 5.75 Å². The minimum absolute atomic E-state index is 0.0669. The maximum Gasteiger partial charge on any atom is 0.387 e. The maximum atomic E-state index is 12.2. The van der Waals surface area contributed by atoms with Crippen LogP contribution in [0, 0.1) is 17.4 Å². The molecule has 1 amide bonds. The number of hydrogen-bond donors (Lipinski definition) is 1. The van der Waals surface area contributed by atoms with Crippen LogP contribution in [-0.4, -0.2) is 22.3 Å². The second kappa shape index (κ2) is 7.71. The Labute approximate surface area is 146 Å². The number of anilines is 1. The van der Waals surface area contributed by atoms with Crippen LogP contribution < -0.4 is 10.1 Å². The Bertz CT molecular complexity index is 704. The number of amides is 1. The first-order valence-corrected chi connectivity index (χ1v) is 7.98. The van der Waals surface area contributed by atoms with Gasteiger partial charge in [0.2, 0.25) is 5.91 Å². The van der Waals surface area contributed by atoms with Crippen molar-refractivity contribution in [3.05, 3.63) is 39.2 Å². The summed E-state index contributed by atoms with van der Waals surface area (Å²) in [6, 6.07) is 4.41. The normalized spacial score (nSPS) is 10.9. The Morgan fingerprint density at radius 3 is 2.74 bits per heavy atom. The van der Waals surface area contributed by atoms with Gasteiger partial charge in [-0.25, -0.2) is 0 Å². The summed E-state index contributed by atoms with van der Waals surface area (Å²) in [5.74, 6) is -0.0993. The van der Waals surface area contributed by atoms with E-state index >= 15 is 0 Å². The fourth-order valence-corrected chi connectivity index (χ4v) is 2.42. The largest absolute Gasteiger partial charge is 0.435 e. The van der Waals surface area contributed by atoms with E-state index in [2.05, 4.69) is 37.7 Å². The molecule has 5 nitrogen and oxygen atoms in total. The molecule has 2 aromatic rings. The first-order chi connectivity index (χ1) is 10.9. The quantitative estimate of drug-likeness (QED) is 0.704. The van der Waals surface area contributed by atoms with E-state index in [1.165, 1.54) is 12.1 Å². The number of alkyl halides is 2. The molecule has 1 heterocycles. The number of carbonyl (C=O) groups excluding carboxylic acids is 1. The minimum atomic E-state index is -2.87. The zero-order valence-corrected chi connectivity index (χ0v) is 14.8. The standard InChI is InChI=1S/C15H16F2IN3O2/c1-9-7-11(23-15(16)17)3-4-13(9)20-14(22)5-6-21-10(2)12(18)8-19-21/h3-4,7-8,15H,5-6H2,1-2H3,(H,20,22). The zero-order chi connectivity index (χ0) is 17.0. The van der Waals surface area contributed by atoms with Crippen LogP contribution in [0.1, 0.15) is 17.7 Å². The highest BCUT2D eigenvalue weighted by Crippen LogP contribution is 2.23. The Hall–Kier alpha value is -1.71. The van der Waals surface area contributed by atoms with Crippen LogP contribution in [0.5, 0.6) is 5.75 Å². The highest BCUT2D eigenvalue weighted by molar-refractivity contribution is 14.1. The molecule has 124 valence electrons. The van der Waals surface area contributed by atoms with Gasteiger partial charge in [0.05, 0.1) is 16.3 Å². The molecule has 23 heavy (non-hydrogen) atoms. The van der Waals surface area contributed by atoms with Crippen LogP contribution in [-0.2, 0) is 11.3 Å². The molecule has 0 aliphatic carbocycles. The van der Waals surface area contributed by atoms with Crippen molar-refractivity contribution in [3.63, 3.8) is 0 Å². The van der Waals surface area contributed by atoms with Gasteiger partial charge >= 0.3 is 6.61 Å². The van der Waals surface area contributed by atoms with Crippen LogP contribution in [0.15, 0.2) is 24.4 Å². The fraction of sp³-hybridized carbons (Fsp3) is 0.333. The van der Waals surface area contributed by atoms with Crippen molar-refractivity contribution in [2.75, 3.05) is 5.32 Å². The summed E-state index contributed by atoms with van der Waals surface area (Å²) in [5.41, 5.74) is 2.24. The Morgan fingerprint density at radius 1 is 1.43 bits per heavy atom. The number of rotatable bonds is 6. The SMILES string of the molecule is Cc1cc(OC(F)F)ccc1NC(=O)CCn1ncc(I)c1C. The van der Waals surface area contributed by atoms with Gasteiger partial charge in [-0.05, 0) is 60.2 Å². The van der Waals surface area contributed by atoms with Crippen molar-refractivity contribution in [1.29, 1.82) is 0 Å². The van der Waals surface area contributed by atoms with Crippen molar-refractivity contribution in [3.8, 4) is 5.75 Å². The first-order valence-electron chi connectivity index (χ1n) is 6.90. The molecule has 0 aliphatic heterocycles. The molecule has 0 saturated heterocycles. The van der Waals surface area contributed by atoms with E-state index in [9.17, 15) is 13.6 Å². The van der Waals surface area contributed by atoms with E-state index in [0.717, 1.165) is 9.26 Å². The van der Waals surface area contributed by atoms with Crippen LogP contribution in [0.3, 0.4) is 0 Å². The van der Waals surface area contributed by atoms with Gasteiger partial charge in [0.25, 0.3) is 0 Å². The smallest absolute Gasteiger partial charge is 0.387 e. The molecular formula is C15H16F2IN3O2. The number of ether oxygens (including phenoxy) is 1. The molecule has 0 saturated carbocycles. The molecular weight excluding hydrogens is 419 g/mol. The van der Waals surface area contributed by atoms with Crippen LogP contribution in [0.4, 0.5) is 14.5 Å². The summed E-state index contributed by atoms with van der Waals surface area (Å²) in [6.07, 6.45) is 2.02. The molecule has 1 aromatic heterocycles. The van der Waals surface area contributed by atoms with Gasteiger partial charge in [0.15, 0.2) is 0 Å². The molecule has 0 bridgehead atoms. The number of nitrogens with zero attached hydrogens (tertiary/aromatic N) is 2. The van der Waals surface area contributed by atoms with Crippen molar-refractivity contribution >= 4 is 34.2 Å². The Balaban J connectivity index is 1.93. The third-order valence-corrected chi connectivity index (χ3v) is 4.35. The van der Waals surface area contributed by atoms with Crippen molar-refractivity contribution < 1.29 is 18.3 Å². The first kappa shape index (κ1) is 17.6. The van der Waals surface area contributed by atoms with Gasteiger partial charge in [-0.1, -0.05) is 0 Å². The highest BCUT2D eigenvalue weighted by atomic mass is 127. The number of carbonyl (C=O) groups is 1. The minimum Gasteiger partial charge on any atom is -0.435 e. The predicted molar refractivity (Wildman–Crippen MR) is 90.7 cm³/mol. The number of aryl methyl sites for hydroxylation is 2. The topological polar surface area (TPSA) is 56.1 Å². The average molecular weight is 435 g/mol. The summed E-state index contributed by atoms with van der Waals surface area (Å²) in [5, 5.41) is 6.95. The fourth-order valence-electron chi connectivity index (χ4n) is 2.02. The molecule has 0 spiro atoms. The van der Waals surface area contributed by atoms with Crippen molar-refractivity contribution in [2.24, 2.45) is 0 Å². The highest BCUT2D eigenvalue weighted by Gasteiger charge is 2.10. The predicted octanol–water partition coefficient (Wildman–Crippen LogP) is 3.73. The lowest BCUT2D eigenvalue weighted by atomic mass is 10.2. The van der Waals surface area contributed by atoms with E-state index in [4.69, 9.17) is 0 Å². The number of halogens is 3. The van der Waals surface area contributed by atoms with Gasteiger partial charge in [-0.15, -0.1) is 0 Å². The molecule has 0 radical (unpaired) electrons. The molecule has 1 aromatic carbocycles. The molecule has 8 heteroatoms. The second-order valence-corrected chi connectivity index (χ2v) is 6.12. The van der Waals surface area contributed by atoms with Gasteiger partial charge in [-0.3, -0.25) is 9.48 Å². The number of nitrogens with one attached hydrogen (secondary N) is 1. The summed E-state index contributed by atoms with van der Waals surface area (Å²) in [7, 11) is 0. The molecule has 0 aliphatic rings. The number of hydrogen-bond acceptors (Lipinski definition) is 3. The van der Waals surface area contributed by atoms with Gasteiger partial charge in [-0.2, -0.15) is 13.9 Å². The summed E-state index contributed by atoms with van der Waals surface area (Å²) < 4.78 is 31.5. The lowest BCUT2D eigenvalue weighted by molar-refractivity contribution is -0.116. The Morgan fingerprint density at radius 2 is 2.17 bits per heavy atom. The summed E-state index contributed by atoms with van der Waals surface area (Å²) in [6.45, 7) is 1.27. The van der Waals surface area contributed by atoms with E-state index in [-0.39, 0.29) is 18.1 Å². The molecule has 1 N–H and O–H groups in total. The number of benzene rings is 1. The van der Waals surface area contributed by atoms with E-state index in [1.807, 2.05) is 6.92 Å². The monoisotopic (exact) mass is 435 g/mol. The lowest BCUT2D eigenvalue weighted by Gasteiger charge is -2.11. The summed E-state index contributed by atoms with van der Waals surface area (Å²) >= 11 is 2.19. The van der Waals surface area contributed by atoms with Gasteiger partial charge < -0.3 is 10.1 Å².